The SMILES string of the molecule is CN(Cc1cccc2ncccc12)C(=O)C1CCN(C(=O)C2CCC2)CC1. The zero-order chi connectivity index (χ0) is 18.8. The third-order valence-corrected chi connectivity index (χ3v) is 6.13. The van der Waals surface area contributed by atoms with Gasteiger partial charge in [-0.15, -0.1) is 0 Å². The number of hydrogen-bond acceptors (Lipinski definition) is 3. The minimum atomic E-state index is 0.0218. The van der Waals surface area contributed by atoms with Gasteiger partial charge >= 0.3 is 0 Å². The molecule has 0 radical (unpaired) electrons. The molecular formula is C22H27N3O2. The number of rotatable bonds is 4. The van der Waals surface area contributed by atoms with Crippen LogP contribution in [0.2, 0.25) is 0 Å². The molecule has 2 aliphatic rings. The molecule has 0 spiro atoms. The largest absolute Gasteiger partial charge is 0.342 e. The highest BCUT2D eigenvalue weighted by atomic mass is 16.2. The smallest absolute Gasteiger partial charge is 0.225 e. The maximum atomic E-state index is 12.9. The fourth-order valence-corrected chi connectivity index (χ4v) is 4.21. The van der Waals surface area contributed by atoms with Crippen molar-refractivity contribution >= 4 is 22.7 Å². The van der Waals surface area contributed by atoms with Crippen molar-refractivity contribution in [2.75, 3.05) is 20.1 Å². The number of likely N-dealkylation sites (tertiary alicyclic amines) is 1. The molecule has 1 saturated heterocycles. The van der Waals surface area contributed by atoms with Crippen LogP contribution in [0.5, 0.6) is 0 Å². The van der Waals surface area contributed by atoms with Gasteiger partial charge in [-0.2, -0.15) is 0 Å². The molecule has 0 N–H and O–H groups in total. The summed E-state index contributed by atoms with van der Waals surface area (Å²) in [4.78, 5) is 33.5. The van der Waals surface area contributed by atoms with E-state index in [1.54, 1.807) is 6.20 Å². The third-order valence-electron chi connectivity index (χ3n) is 6.13. The van der Waals surface area contributed by atoms with Gasteiger partial charge in [-0.3, -0.25) is 14.6 Å². The minimum Gasteiger partial charge on any atom is -0.342 e. The van der Waals surface area contributed by atoms with Gasteiger partial charge < -0.3 is 9.80 Å². The van der Waals surface area contributed by atoms with Crippen molar-refractivity contribution in [2.45, 2.75) is 38.6 Å². The monoisotopic (exact) mass is 365 g/mol. The van der Waals surface area contributed by atoms with E-state index in [9.17, 15) is 9.59 Å². The van der Waals surface area contributed by atoms with Gasteiger partial charge in [0.15, 0.2) is 0 Å². The predicted octanol–water partition coefficient (Wildman–Crippen LogP) is 3.23. The molecule has 1 aliphatic carbocycles. The van der Waals surface area contributed by atoms with Crippen LogP contribution in [0, 0.1) is 11.8 Å². The highest BCUT2D eigenvalue weighted by molar-refractivity contribution is 5.84. The van der Waals surface area contributed by atoms with Crippen LogP contribution in [-0.2, 0) is 16.1 Å². The maximum Gasteiger partial charge on any atom is 0.225 e. The maximum absolute atomic E-state index is 12.9. The Morgan fingerprint density at radius 2 is 1.85 bits per heavy atom. The molecule has 1 saturated carbocycles. The van der Waals surface area contributed by atoms with E-state index in [1.165, 1.54) is 6.42 Å². The molecule has 4 rings (SSSR count). The van der Waals surface area contributed by atoms with Gasteiger partial charge in [0.25, 0.3) is 0 Å². The number of hydrogen-bond donors (Lipinski definition) is 0. The molecule has 2 heterocycles. The fourth-order valence-electron chi connectivity index (χ4n) is 4.21. The quantitative estimate of drug-likeness (QED) is 0.836. The molecular weight excluding hydrogens is 338 g/mol. The van der Waals surface area contributed by atoms with E-state index in [0.717, 1.165) is 55.2 Å². The molecule has 1 aromatic carbocycles. The molecule has 1 aliphatic heterocycles. The lowest BCUT2D eigenvalue weighted by atomic mass is 9.83. The summed E-state index contributed by atoms with van der Waals surface area (Å²) >= 11 is 0. The van der Waals surface area contributed by atoms with Crippen LogP contribution in [0.3, 0.4) is 0 Å². The van der Waals surface area contributed by atoms with Gasteiger partial charge in [0.2, 0.25) is 11.8 Å². The Morgan fingerprint density at radius 1 is 1.07 bits per heavy atom. The fraction of sp³-hybridized carbons (Fsp3) is 0.500. The van der Waals surface area contributed by atoms with Crippen LogP contribution in [0.1, 0.15) is 37.7 Å². The average molecular weight is 365 g/mol. The molecule has 5 nitrogen and oxygen atoms in total. The second-order valence-electron chi connectivity index (χ2n) is 7.91. The third kappa shape index (κ3) is 3.68. The lowest BCUT2D eigenvalue weighted by Gasteiger charge is -2.37. The zero-order valence-electron chi connectivity index (χ0n) is 15.9. The number of fused-ring (bicyclic) bond motifs is 1. The van der Waals surface area contributed by atoms with E-state index < -0.39 is 0 Å². The van der Waals surface area contributed by atoms with E-state index in [2.05, 4.69) is 17.1 Å². The number of carbonyl (C=O) groups is 2. The number of pyridine rings is 1. The minimum absolute atomic E-state index is 0.0218. The van der Waals surface area contributed by atoms with Gasteiger partial charge in [-0.1, -0.05) is 24.6 Å². The standard InChI is InChI=1S/C22H27N3O2/c1-24(15-18-7-3-9-20-19(18)8-4-12-23-20)21(26)17-10-13-25(14-11-17)22(27)16-5-2-6-16/h3-4,7-9,12,16-17H,2,5-6,10-11,13-15H2,1H3. The second kappa shape index (κ2) is 7.67. The first-order chi connectivity index (χ1) is 13.1. The lowest BCUT2D eigenvalue weighted by molar-refractivity contribution is -0.143. The molecule has 5 heteroatoms. The molecule has 142 valence electrons. The first kappa shape index (κ1) is 18.0. The number of carbonyl (C=O) groups excluding carboxylic acids is 2. The Morgan fingerprint density at radius 3 is 2.56 bits per heavy atom. The highest BCUT2D eigenvalue weighted by Crippen LogP contribution is 2.30. The lowest BCUT2D eigenvalue weighted by Crippen LogP contribution is -2.46. The van der Waals surface area contributed by atoms with Crippen molar-refractivity contribution in [3.63, 3.8) is 0 Å². The van der Waals surface area contributed by atoms with Gasteiger partial charge in [-0.05, 0) is 43.4 Å². The van der Waals surface area contributed by atoms with E-state index in [0.29, 0.717) is 12.5 Å². The van der Waals surface area contributed by atoms with Crippen molar-refractivity contribution in [2.24, 2.45) is 11.8 Å². The van der Waals surface area contributed by atoms with Crippen LogP contribution in [0.25, 0.3) is 10.9 Å². The summed E-state index contributed by atoms with van der Waals surface area (Å²) in [6, 6.07) is 10.0. The second-order valence-corrected chi connectivity index (χ2v) is 7.91. The normalized spacial score (nSPS) is 18.3. The van der Waals surface area contributed by atoms with Crippen molar-refractivity contribution in [3.05, 3.63) is 42.1 Å². The van der Waals surface area contributed by atoms with E-state index in [-0.39, 0.29) is 17.7 Å². The summed E-state index contributed by atoms with van der Waals surface area (Å²) in [6.07, 6.45) is 6.61. The van der Waals surface area contributed by atoms with Gasteiger partial charge in [0.1, 0.15) is 0 Å². The van der Waals surface area contributed by atoms with E-state index in [4.69, 9.17) is 0 Å². The molecule has 2 aromatic rings. The topological polar surface area (TPSA) is 53.5 Å². The Balaban J connectivity index is 1.36. The first-order valence-corrected chi connectivity index (χ1v) is 10.00. The summed E-state index contributed by atoms with van der Waals surface area (Å²) in [6.45, 7) is 2.03. The summed E-state index contributed by atoms with van der Waals surface area (Å²) in [5, 5.41) is 1.10. The van der Waals surface area contributed by atoms with Crippen LogP contribution < -0.4 is 0 Å². The average Bonchev–Trinajstić information content (AvgIpc) is 2.66. The zero-order valence-corrected chi connectivity index (χ0v) is 15.9. The molecule has 1 aromatic heterocycles. The van der Waals surface area contributed by atoms with Crippen LogP contribution in [-0.4, -0.2) is 46.7 Å². The molecule has 0 unspecified atom stereocenters. The Labute approximate surface area is 160 Å². The number of amides is 2. The van der Waals surface area contributed by atoms with Crippen LogP contribution >= 0.6 is 0 Å². The number of piperidine rings is 1. The summed E-state index contributed by atoms with van der Waals surface area (Å²) in [7, 11) is 1.88. The Bertz CT molecular complexity index is 833. The van der Waals surface area contributed by atoms with Crippen molar-refractivity contribution in [1.82, 2.24) is 14.8 Å². The van der Waals surface area contributed by atoms with Crippen LogP contribution in [0.4, 0.5) is 0 Å². The Hall–Kier alpha value is -2.43. The van der Waals surface area contributed by atoms with Gasteiger partial charge in [-0.25, -0.2) is 0 Å². The number of benzene rings is 1. The van der Waals surface area contributed by atoms with Gasteiger partial charge in [0, 0.05) is 50.1 Å². The predicted molar refractivity (Wildman–Crippen MR) is 105 cm³/mol. The van der Waals surface area contributed by atoms with E-state index >= 15 is 0 Å². The Kier molecular flexibility index (Phi) is 5.10. The molecule has 0 bridgehead atoms. The first-order valence-electron chi connectivity index (χ1n) is 10.00. The number of nitrogens with zero attached hydrogens (tertiary/aromatic N) is 3. The molecule has 0 atom stereocenters. The van der Waals surface area contributed by atoms with Gasteiger partial charge in [0.05, 0.1) is 5.52 Å². The van der Waals surface area contributed by atoms with Crippen molar-refractivity contribution in [1.29, 1.82) is 0 Å². The highest BCUT2D eigenvalue weighted by Gasteiger charge is 2.34. The van der Waals surface area contributed by atoms with E-state index in [1.807, 2.05) is 35.0 Å². The van der Waals surface area contributed by atoms with Crippen LogP contribution in [0.15, 0.2) is 36.5 Å². The number of aromatic nitrogens is 1. The summed E-state index contributed by atoms with van der Waals surface area (Å²) in [5.74, 6) is 0.767. The molecule has 2 fully saturated rings. The summed E-state index contributed by atoms with van der Waals surface area (Å²) < 4.78 is 0. The molecule has 2 amide bonds. The van der Waals surface area contributed by atoms with Crippen molar-refractivity contribution in [3.8, 4) is 0 Å². The summed E-state index contributed by atoms with van der Waals surface area (Å²) in [5.41, 5.74) is 2.08. The molecule has 27 heavy (non-hydrogen) atoms. The van der Waals surface area contributed by atoms with Crippen molar-refractivity contribution < 1.29 is 9.59 Å².